The molecule has 0 saturated carbocycles. The Morgan fingerprint density at radius 2 is 1.94 bits per heavy atom. The first-order chi connectivity index (χ1) is 8.25. The van der Waals surface area contributed by atoms with Gasteiger partial charge in [0.2, 0.25) is 0 Å². The maximum atomic E-state index is 3.77. The largest absolute Gasteiger partial charge is 0.309 e. The summed E-state index contributed by atoms with van der Waals surface area (Å²) in [6.45, 7) is 5.92. The molecule has 1 aromatic rings. The Hall–Kier alpha value is -0.470. The molecule has 2 heteroatoms. The van der Waals surface area contributed by atoms with Gasteiger partial charge in [-0.25, -0.2) is 0 Å². The van der Waals surface area contributed by atoms with Gasteiger partial charge in [0.25, 0.3) is 0 Å². The summed E-state index contributed by atoms with van der Waals surface area (Å²) in [6, 6.07) is 9.59. The molecule has 92 valence electrons. The highest BCUT2D eigenvalue weighted by Crippen LogP contribution is 2.45. The molecule has 1 aromatic carbocycles. The lowest BCUT2D eigenvalue weighted by Gasteiger charge is -2.36. The Labute approximate surface area is 108 Å². The van der Waals surface area contributed by atoms with Crippen molar-refractivity contribution in [2.24, 2.45) is 0 Å². The highest BCUT2D eigenvalue weighted by atomic mass is 32.2. The zero-order valence-electron chi connectivity index (χ0n) is 10.6. The van der Waals surface area contributed by atoms with Crippen LogP contribution in [-0.2, 0) is 0 Å². The summed E-state index contributed by atoms with van der Waals surface area (Å²) in [5, 5.41) is 5.33. The Morgan fingerprint density at radius 3 is 2.76 bits per heavy atom. The SMILES string of the molecule is CC1CCNC2c3ccccc3C(C)CC2S1. The van der Waals surface area contributed by atoms with Crippen LogP contribution in [0.2, 0.25) is 0 Å². The lowest BCUT2D eigenvalue weighted by molar-refractivity contribution is 0.452. The van der Waals surface area contributed by atoms with E-state index >= 15 is 0 Å². The number of hydrogen-bond acceptors (Lipinski definition) is 2. The average Bonchev–Trinajstić information content (AvgIpc) is 2.51. The van der Waals surface area contributed by atoms with Crippen molar-refractivity contribution < 1.29 is 0 Å². The van der Waals surface area contributed by atoms with E-state index in [1.54, 1.807) is 11.1 Å². The summed E-state index contributed by atoms with van der Waals surface area (Å²) in [4.78, 5) is 0. The predicted octanol–water partition coefficient (Wildman–Crippen LogP) is 3.72. The Kier molecular flexibility index (Phi) is 3.18. The average molecular weight is 247 g/mol. The second kappa shape index (κ2) is 4.66. The molecule has 0 radical (unpaired) electrons. The minimum absolute atomic E-state index is 0.581. The van der Waals surface area contributed by atoms with E-state index in [4.69, 9.17) is 0 Å². The molecule has 3 rings (SSSR count). The normalized spacial score (nSPS) is 36.8. The zero-order chi connectivity index (χ0) is 11.8. The molecule has 0 amide bonds. The van der Waals surface area contributed by atoms with Gasteiger partial charge in [0.1, 0.15) is 0 Å². The van der Waals surface area contributed by atoms with Crippen LogP contribution in [0.15, 0.2) is 24.3 Å². The number of hydrogen-bond donors (Lipinski definition) is 1. The molecule has 0 bridgehead atoms. The Bertz CT molecular complexity index is 404. The third kappa shape index (κ3) is 2.13. The highest BCUT2D eigenvalue weighted by molar-refractivity contribution is 8.00. The zero-order valence-corrected chi connectivity index (χ0v) is 11.5. The van der Waals surface area contributed by atoms with Gasteiger partial charge >= 0.3 is 0 Å². The summed E-state index contributed by atoms with van der Waals surface area (Å²) >= 11 is 2.20. The van der Waals surface area contributed by atoms with Gasteiger partial charge in [-0.05, 0) is 36.4 Å². The monoisotopic (exact) mass is 247 g/mol. The number of benzene rings is 1. The molecule has 4 atom stereocenters. The molecule has 0 spiro atoms. The fourth-order valence-electron chi connectivity index (χ4n) is 3.24. The van der Waals surface area contributed by atoms with E-state index in [2.05, 4.69) is 55.2 Å². The van der Waals surface area contributed by atoms with Gasteiger partial charge in [-0.3, -0.25) is 0 Å². The number of fused-ring (bicyclic) bond motifs is 3. The molecule has 1 aliphatic heterocycles. The van der Waals surface area contributed by atoms with Crippen molar-refractivity contribution in [2.45, 2.75) is 49.1 Å². The molecule has 0 aromatic heterocycles. The maximum Gasteiger partial charge on any atom is 0.0443 e. The molecule has 4 unspecified atom stereocenters. The number of thioether (sulfide) groups is 1. The topological polar surface area (TPSA) is 12.0 Å². The van der Waals surface area contributed by atoms with Crippen molar-refractivity contribution >= 4 is 11.8 Å². The third-order valence-corrected chi connectivity index (χ3v) is 5.66. The highest BCUT2D eigenvalue weighted by Gasteiger charge is 2.35. The molecule has 1 N–H and O–H groups in total. The molecule has 1 nitrogen and oxygen atoms in total. The summed E-state index contributed by atoms with van der Waals surface area (Å²) in [6.07, 6.45) is 2.62. The van der Waals surface area contributed by atoms with Gasteiger partial charge in [-0.15, -0.1) is 0 Å². The van der Waals surface area contributed by atoms with Crippen molar-refractivity contribution in [3.05, 3.63) is 35.4 Å². The fourth-order valence-corrected chi connectivity index (χ4v) is 4.89. The van der Waals surface area contributed by atoms with Gasteiger partial charge in [0, 0.05) is 16.5 Å². The van der Waals surface area contributed by atoms with Crippen LogP contribution in [0.25, 0.3) is 0 Å². The summed E-state index contributed by atoms with van der Waals surface area (Å²) in [5.74, 6) is 0.715. The van der Waals surface area contributed by atoms with E-state index in [0.29, 0.717) is 12.0 Å². The first-order valence-corrected chi connectivity index (χ1v) is 7.67. The smallest absolute Gasteiger partial charge is 0.0443 e. The lowest BCUT2D eigenvalue weighted by atomic mass is 9.80. The van der Waals surface area contributed by atoms with Crippen LogP contribution in [0.1, 0.15) is 49.8 Å². The Morgan fingerprint density at radius 1 is 1.18 bits per heavy atom. The maximum absolute atomic E-state index is 3.77. The van der Waals surface area contributed by atoms with Gasteiger partial charge in [-0.2, -0.15) is 11.8 Å². The fraction of sp³-hybridized carbons (Fsp3) is 0.600. The van der Waals surface area contributed by atoms with Crippen LogP contribution in [0, 0.1) is 0 Å². The molecule has 1 fully saturated rings. The van der Waals surface area contributed by atoms with Crippen LogP contribution >= 0.6 is 11.8 Å². The lowest BCUT2D eigenvalue weighted by Crippen LogP contribution is -2.34. The van der Waals surface area contributed by atoms with Crippen molar-refractivity contribution in [1.82, 2.24) is 5.32 Å². The molecular weight excluding hydrogens is 226 g/mol. The molecule has 1 saturated heterocycles. The number of rotatable bonds is 0. The summed E-state index contributed by atoms with van der Waals surface area (Å²) < 4.78 is 0. The standard InChI is InChI=1S/C15H21NS/c1-10-9-14-15(16-8-7-11(2)17-14)13-6-4-3-5-12(10)13/h3-6,10-11,14-16H,7-9H2,1-2H3. The second-order valence-electron chi connectivity index (χ2n) is 5.47. The van der Waals surface area contributed by atoms with Crippen molar-refractivity contribution in [1.29, 1.82) is 0 Å². The first-order valence-electron chi connectivity index (χ1n) is 6.73. The van der Waals surface area contributed by atoms with Gasteiger partial charge in [0.05, 0.1) is 0 Å². The molecule has 1 heterocycles. The molecular formula is C15H21NS. The minimum atomic E-state index is 0.581. The minimum Gasteiger partial charge on any atom is -0.309 e. The van der Waals surface area contributed by atoms with E-state index in [9.17, 15) is 0 Å². The van der Waals surface area contributed by atoms with Crippen LogP contribution in [-0.4, -0.2) is 17.0 Å². The summed E-state index contributed by atoms with van der Waals surface area (Å²) in [5.41, 5.74) is 3.12. The third-order valence-electron chi connectivity index (χ3n) is 4.14. The van der Waals surface area contributed by atoms with E-state index in [-0.39, 0.29) is 0 Å². The van der Waals surface area contributed by atoms with Crippen molar-refractivity contribution in [3.63, 3.8) is 0 Å². The van der Waals surface area contributed by atoms with Crippen molar-refractivity contribution in [2.75, 3.05) is 6.54 Å². The predicted molar refractivity (Wildman–Crippen MR) is 75.7 cm³/mol. The molecule has 17 heavy (non-hydrogen) atoms. The molecule has 1 aliphatic carbocycles. The van der Waals surface area contributed by atoms with Crippen LogP contribution < -0.4 is 5.32 Å². The van der Waals surface area contributed by atoms with E-state index in [0.717, 1.165) is 17.0 Å². The van der Waals surface area contributed by atoms with E-state index in [1.165, 1.54) is 12.8 Å². The van der Waals surface area contributed by atoms with Gasteiger partial charge in [0.15, 0.2) is 0 Å². The van der Waals surface area contributed by atoms with Gasteiger partial charge in [-0.1, -0.05) is 38.1 Å². The van der Waals surface area contributed by atoms with Crippen molar-refractivity contribution in [3.8, 4) is 0 Å². The second-order valence-corrected chi connectivity index (χ2v) is 7.15. The number of nitrogens with one attached hydrogen (secondary N) is 1. The molecule has 2 aliphatic rings. The van der Waals surface area contributed by atoms with E-state index in [1.807, 2.05) is 0 Å². The van der Waals surface area contributed by atoms with Crippen LogP contribution in [0.3, 0.4) is 0 Å². The first kappa shape index (κ1) is 11.6. The van der Waals surface area contributed by atoms with Gasteiger partial charge < -0.3 is 5.32 Å². The van der Waals surface area contributed by atoms with E-state index < -0.39 is 0 Å². The Balaban J connectivity index is 1.98. The van der Waals surface area contributed by atoms with Crippen LogP contribution in [0.5, 0.6) is 0 Å². The van der Waals surface area contributed by atoms with Crippen LogP contribution in [0.4, 0.5) is 0 Å². The summed E-state index contributed by atoms with van der Waals surface area (Å²) in [7, 11) is 0. The quantitative estimate of drug-likeness (QED) is 0.750.